The largest absolute Gasteiger partial charge is 0.222 e. The van der Waals surface area contributed by atoms with Gasteiger partial charge >= 0.3 is 0 Å². The summed E-state index contributed by atoms with van der Waals surface area (Å²) in [6.07, 6.45) is 36.0. The third kappa shape index (κ3) is 19.3. The summed E-state index contributed by atoms with van der Waals surface area (Å²) in [4.78, 5) is 26.0. The van der Waals surface area contributed by atoms with Gasteiger partial charge in [-0.2, -0.15) is 35.0 Å². The van der Waals surface area contributed by atoms with Crippen molar-refractivity contribution in [3.63, 3.8) is 0 Å². The van der Waals surface area contributed by atoms with Crippen LogP contribution in [0.2, 0.25) is 0 Å². The Balaban J connectivity index is 0.688. The Hall–Kier alpha value is -7.22. The van der Waals surface area contributed by atoms with Gasteiger partial charge in [0.05, 0.1) is 46.9 Å². The van der Waals surface area contributed by atoms with E-state index in [2.05, 4.69) is 222 Å². The fraction of sp³-hybridized carbons (Fsp3) is 0.308. The monoisotopic (exact) mass is 2000 g/mol. The van der Waals surface area contributed by atoms with Crippen molar-refractivity contribution in [1.82, 2.24) is 35.0 Å². The highest BCUT2D eigenvalue weighted by Crippen LogP contribution is 2.50. The smallest absolute Gasteiger partial charge is 0.172 e. The van der Waals surface area contributed by atoms with E-state index in [1.807, 2.05) is 136 Å². The van der Waals surface area contributed by atoms with E-state index >= 15 is 0 Å². The van der Waals surface area contributed by atoms with Crippen LogP contribution in [0.5, 0.6) is 0 Å². The molecule has 20 aromatic rings. The van der Waals surface area contributed by atoms with Crippen LogP contribution in [0.1, 0.15) is 201 Å². The number of thiophene rings is 12. The normalized spacial score (nSPS) is 12.1. The lowest BCUT2D eigenvalue weighted by Gasteiger charge is -2.28. The number of fused-ring (bicyclic) bond motifs is 4. The molecule has 16 heterocycles. The number of hydrogen-bond donors (Lipinski definition) is 0. The van der Waals surface area contributed by atoms with E-state index in [4.69, 9.17) is 35.0 Å². The molecule has 0 aliphatic carbocycles. The second kappa shape index (κ2) is 42.1. The minimum Gasteiger partial charge on any atom is -0.172 e. The molecule has 0 unspecified atom stereocenters. The summed E-state index contributed by atoms with van der Waals surface area (Å²) in [5.74, 6) is 0. The average Bonchev–Trinajstić information content (AvgIpc) is 1.60. The molecule has 20 rings (SSSR count). The molecular formula is C104H100N8S16Si. The minimum atomic E-state index is -3.43. The van der Waals surface area contributed by atoms with E-state index < -0.39 is 8.07 Å². The Morgan fingerprint density at radius 3 is 0.535 bits per heavy atom. The zero-order valence-corrected chi connectivity index (χ0v) is 86.9. The van der Waals surface area contributed by atoms with Crippen LogP contribution in [0.15, 0.2) is 194 Å². The molecule has 0 bridgehead atoms. The molecule has 8 nitrogen and oxygen atoms in total. The summed E-state index contributed by atoms with van der Waals surface area (Å²) in [7, 11) is -3.43. The summed E-state index contributed by atoms with van der Waals surface area (Å²) in [5, 5.41) is 0. The highest BCUT2D eigenvalue weighted by Gasteiger charge is 2.48. The predicted octanol–water partition coefficient (Wildman–Crippen LogP) is 35.4. The minimum absolute atomic E-state index is 0.938. The third-order valence-electron chi connectivity index (χ3n) is 24.8. The number of nitrogens with zero attached hydrogens (tertiary/aromatic N) is 8. The van der Waals surface area contributed by atoms with Crippen molar-refractivity contribution in [3.05, 3.63) is 214 Å². The number of aromatic nitrogens is 8. The van der Waals surface area contributed by atoms with E-state index in [-0.39, 0.29) is 0 Å². The first kappa shape index (κ1) is 89.6. The van der Waals surface area contributed by atoms with Crippen LogP contribution >= 0.6 is 183 Å². The number of aryl methyl sites for hydroxylation is 4. The Morgan fingerprint density at radius 2 is 0.326 bits per heavy atom. The van der Waals surface area contributed by atoms with Gasteiger partial charge in [-0.1, -0.05) is 229 Å². The number of benzene rings is 4. The van der Waals surface area contributed by atoms with Crippen LogP contribution in [-0.4, -0.2) is 43.1 Å². The molecule has 0 saturated carbocycles. The quantitative estimate of drug-likeness (QED) is 0.0275. The van der Waals surface area contributed by atoms with Gasteiger partial charge in [-0.05, 0) is 173 Å². The molecule has 0 atom stereocenters. The zero-order chi connectivity index (χ0) is 87.0. The average molecular weight is 2000 g/mol. The molecule has 0 N–H and O–H groups in total. The molecule has 656 valence electrons. The van der Waals surface area contributed by atoms with Gasteiger partial charge in [0, 0.05) is 160 Å². The number of unbranched alkanes of at least 4 members (excludes halogenated alkanes) is 20. The molecule has 0 aliphatic rings. The molecule has 0 fully saturated rings. The van der Waals surface area contributed by atoms with Gasteiger partial charge in [-0.25, -0.2) is 0 Å². The van der Waals surface area contributed by atoms with Gasteiger partial charge in [-0.3, -0.25) is 0 Å². The van der Waals surface area contributed by atoms with E-state index in [1.54, 1.807) is 0 Å². The highest BCUT2D eigenvalue weighted by atomic mass is 32.2. The topological polar surface area (TPSA) is 103 Å². The summed E-state index contributed by atoms with van der Waals surface area (Å²) < 4.78 is 46.9. The number of rotatable bonds is 44. The van der Waals surface area contributed by atoms with E-state index in [0.717, 1.165) is 114 Å². The molecule has 129 heavy (non-hydrogen) atoms. The maximum atomic E-state index is 5.23. The molecule has 25 heteroatoms. The lowest BCUT2D eigenvalue weighted by atomic mass is 10.1. The van der Waals surface area contributed by atoms with Crippen LogP contribution in [0.3, 0.4) is 0 Å². The third-order valence-corrected chi connectivity index (χ3v) is 49.0. The summed E-state index contributed by atoms with van der Waals surface area (Å²) in [5.41, 5.74) is 16.4. The summed E-state index contributed by atoms with van der Waals surface area (Å²) in [6.45, 7) is 9.18. The second-order valence-corrected chi connectivity index (χ2v) is 54.2. The van der Waals surface area contributed by atoms with Gasteiger partial charge in [0.1, 0.15) is 44.1 Å². The van der Waals surface area contributed by atoms with Gasteiger partial charge < -0.3 is 0 Å². The molecule has 0 spiro atoms. The van der Waals surface area contributed by atoms with E-state index in [1.165, 1.54) is 317 Å². The zero-order valence-electron chi connectivity index (χ0n) is 72.9. The second-order valence-electron chi connectivity index (χ2n) is 33.7. The lowest BCUT2D eigenvalue weighted by molar-refractivity contribution is 0.609. The summed E-state index contributed by atoms with van der Waals surface area (Å²) >= 11 is 28.2. The summed E-state index contributed by atoms with van der Waals surface area (Å²) in [6, 6.07) is 75.3. The molecule has 0 saturated heterocycles. The van der Waals surface area contributed by atoms with Crippen molar-refractivity contribution >= 4 is 253 Å². The van der Waals surface area contributed by atoms with Crippen LogP contribution in [0.4, 0.5) is 0 Å². The molecule has 0 radical (unpaired) electrons. The van der Waals surface area contributed by atoms with Crippen molar-refractivity contribution in [3.8, 4) is 123 Å². The van der Waals surface area contributed by atoms with Crippen LogP contribution < -0.4 is 18.0 Å². The van der Waals surface area contributed by atoms with Crippen molar-refractivity contribution in [2.75, 3.05) is 0 Å². The van der Waals surface area contributed by atoms with Crippen molar-refractivity contribution in [1.29, 1.82) is 0 Å². The highest BCUT2D eigenvalue weighted by molar-refractivity contribution is 7.55. The standard InChI is InChI=1S/C104H100N8S16Si/c1-5-9-13-17-21-25-29-65-33-45-85(113-65)89-53-49-77(117-89)69-37-41-73(101-97(69)105-125-109-101)81-57-61-93(121-81)129(94-62-58-82(122-94)74-42-38-70(98-102(74)110-126-106-98)78-50-54-90(118-78)86-46-34-66(114-86)30-26-22-18-14-10-6-2,95-63-59-83(123-95)75-43-39-71(99-103(75)111-127-107-99)79-51-55-91(119-79)87-47-35-67(115-87)31-27-23-19-15-11-7-3)96-64-60-84(124-96)76-44-40-72(100-104(76)112-128-108-100)80-52-56-92(120-80)88-48-36-68(116-88)32-28-24-20-16-12-8-4/h33-64H,5-32H2,1-4H3. The first-order valence-corrected chi connectivity index (χ1v) is 60.7. The lowest BCUT2D eigenvalue weighted by Crippen LogP contribution is -2.71. The Morgan fingerprint density at radius 1 is 0.163 bits per heavy atom. The van der Waals surface area contributed by atoms with Crippen LogP contribution in [0, 0.1) is 0 Å². The van der Waals surface area contributed by atoms with Gasteiger partial charge in [0.2, 0.25) is 8.07 Å². The van der Waals surface area contributed by atoms with Gasteiger partial charge in [0.25, 0.3) is 0 Å². The Kier molecular flexibility index (Phi) is 29.3. The molecule has 4 aromatic carbocycles. The van der Waals surface area contributed by atoms with Crippen molar-refractivity contribution in [2.24, 2.45) is 0 Å². The predicted molar refractivity (Wildman–Crippen MR) is 582 cm³/mol. The maximum absolute atomic E-state index is 5.23. The molecule has 0 amide bonds. The number of hydrogen-bond acceptors (Lipinski definition) is 24. The van der Waals surface area contributed by atoms with E-state index in [9.17, 15) is 0 Å². The van der Waals surface area contributed by atoms with Crippen LogP contribution in [0.25, 0.3) is 167 Å². The van der Waals surface area contributed by atoms with Crippen molar-refractivity contribution in [2.45, 2.75) is 207 Å². The molecule has 0 aliphatic heterocycles. The SMILES string of the molecule is CCCCCCCCc1ccc(-c2ccc(-c3ccc(-c4ccc([Si](c5ccc(-c6ccc(-c7ccc(-c8ccc(CCCCCCCC)s8)s7)c7nsnc67)s5)(c5ccc(-c6ccc(-c7ccc(-c8ccc(CCCCCCCC)s8)s7)c7nsnc67)s5)c5ccc(-c6ccc(-c7ccc(-c8ccc(CCCCCCCC)s8)s7)c7nsnc67)s5)s4)c4nsnc34)s2)s1. The maximum Gasteiger partial charge on any atom is 0.222 e. The Bertz CT molecular complexity index is 6290. The van der Waals surface area contributed by atoms with Gasteiger partial charge in [-0.15, -0.1) is 136 Å². The van der Waals surface area contributed by atoms with Crippen molar-refractivity contribution < 1.29 is 0 Å². The first-order chi connectivity index (χ1) is 63.7. The molecular weight excluding hydrogens is 1900 g/mol. The Labute approximate surface area is 822 Å². The fourth-order valence-corrected chi connectivity index (χ4v) is 43.7. The van der Waals surface area contributed by atoms with E-state index in [0.29, 0.717) is 0 Å². The molecule has 16 aromatic heterocycles. The first-order valence-electron chi connectivity index (χ1n) is 46.0. The van der Waals surface area contributed by atoms with Gasteiger partial charge in [0.15, 0.2) is 0 Å². The fourth-order valence-electron chi connectivity index (χ4n) is 17.9. The van der Waals surface area contributed by atoms with Crippen LogP contribution in [-0.2, 0) is 25.7 Å².